The average molecular weight is 253 g/mol. The summed E-state index contributed by atoms with van der Waals surface area (Å²) >= 11 is 0. The highest BCUT2D eigenvalue weighted by molar-refractivity contribution is 4.96. The second-order valence-corrected chi connectivity index (χ2v) is 5.11. The standard InChI is InChI=1S/C14H23NO3/c1-11(2)15-8-12-5-6-14(18-12)10-16-9-13-4-3-7-17-13/h3-4,7,11-12,14-15H,5-6,8-10H2,1-2H3. The van der Waals surface area contributed by atoms with Gasteiger partial charge in [0.25, 0.3) is 0 Å². The van der Waals surface area contributed by atoms with Crippen LogP contribution in [-0.4, -0.2) is 31.4 Å². The van der Waals surface area contributed by atoms with Gasteiger partial charge in [0.05, 0.1) is 25.1 Å². The summed E-state index contributed by atoms with van der Waals surface area (Å²) in [4.78, 5) is 0. The van der Waals surface area contributed by atoms with E-state index in [0.717, 1.165) is 25.1 Å². The lowest BCUT2D eigenvalue weighted by molar-refractivity contribution is -0.0224. The summed E-state index contributed by atoms with van der Waals surface area (Å²) in [7, 11) is 0. The van der Waals surface area contributed by atoms with Crippen LogP contribution in [0.1, 0.15) is 32.4 Å². The maximum absolute atomic E-state index is 5.91. The zero-order valence-corrected chi connectivity index (χ0v) is 11.2. The molecule has 0 bridgehead atoms. The van der Waals surface area contributed by atoms with E-state index >= 15 is 0 Å². The normalized spacial score (nSPS) is 23.9. The molecule has 1 aliphatic rings. The first-order valence-electron chi connectivity index (χ1n) is 6.73. The molecule has 0 radical (unpaired) electrons. The van der Waals surface area contributed by atoms with Gasteiger partial charge in [0.15, 0.2) is 0 Å². The number of rotatable bonds is 7. The molecule has 1 N–H and O–H groups in total. The summed E-state index contributed by atoms with van der Waals surface area (Å²) in [5, 5.41) is 3.41. The van der Waals surface area contributed by atoms with Gasteiger partial charge in [-0.15, -0.1) is 0 Å². The van der Waals surface area contributed by atoms with Crippen molar-refractivity contribution >= 4 is 0 Å². The Morgan fingerprint density at radius 1 is 1.39 bits per heavy atom. The van der Waals surface area contributed by atoms with Gasteiger partial charge in [-0.3, -0.25) is 0 Å². The largest absolute Gasteiger partial charge is 0.467 e. The second kappa shape index (κ2) is 6.92. The molecule has 0 saturated carbocycles. The first-order chi connectivity index (χ1) is 8.74. The summed E-state index contributed by atoms with van der Waals surface area (Å²) in [5.74, 6) is 0.867. The Bertz CT molecular complexity index is 324. The van der Waals surface area contributed by atoms with E-state index in [4.69, 9.17) is 13.9 Å². The molecule has 0 aliphatic carbocycles. The topological polar surface area (TPSA) is 43.6 Å². The minimum atomic E-state index is 0.235. The minimum absolute atomic E-state index is 0.235. The summed E-state index contributed by atoms with van der Waals surface area (Å²) in [6.07, 6.45) is 4.44. The third-order valence-corrected chi connectivity index (χ3v) is 3.08. The quantitative estimate of drug-likeness (QED) is 0.810. The lowest BCUT2D eigenvalue weighted by Crippen LogP contribution is -2.32. The Morgan fingerprint density at radius 2 is 2.22 bits per heavy atom. The summed E-state index contributed by atoms with van der Waals surface area (Å²) < 4.78 is 16.7. The maximum Gasteiger partial charge on any atom is 0.129 e. The van der Waals surface area contributed by atoms with E-state index in [1.165, 1.54) is 0 Å². The monoisotopic (exact) mass is 253 g/mol. The van der Waals surface area contributed by atoms with Crippen molar-refractivity contribution in [1.82, 2.24) is 5.32 Å². The van der Waals surface area contributed by atoms with Gasteiger partial charge >= 0.3 is 0 Å². The molecule has 0 spiro atoms. The molecule has 4 heteroatoms. The SMILES string of the molecule is CC(C)NCC1CCC(COCc2ccco2)O1. The van der Waals surface area contributed by atoms with Crippen molar-refractivity contribution in [1.29, 1.82) is 0 Å². The van der Waals surface area contributed by atoms with Crippen LogP contribution in [0.5, 0.6) is 0 Å². The molecule has 0 aromatic carbocycles. The summed E-state index contributed by atoms with van der Waals surface area (Å²) in [6, 6.07) is 4.31. The molecule has 1 saturated heterocycles. The van der Waals surface area contributed by atoms with Crippen molar-refractivity contribution in [3.05, 3.63) is 24.2 Å². The van der Waals surface area contributed by atoms with E-state index < -0.39 is 0 Å². The van der Waals surface area contributed by atoms with Crippen LogP contribution in [0.15, 0.2) is 22.8 Å². The zero-order valence-electron chi connectivity index (χ0n) is 11.2. The van der Waals surface area contributed by atoms with Gasteiger partial charge in [-0.25, -0.2) is 0 Å². The molecule has 1 fully saturated rings. The smallest absolute Gasteiger partial charge is 0.129 e. The molecule has 1 aromatic heterocycles. The first kappa shape index (κ1) is 13.6. The van der Waals surface area contributed by atoms with Crippen molar-refractivity contribution in [3.63, 3.8) is 0 Å². The molecular weight excluding hydrogens is 230 g/mol. The molecule has 2 atom stereocenters. The maximum atomic E-state index is 5.91. The van der Waals surface area contributed by atoms with Crippen molar-refractivity contribution < 1.29 is 13.9 Å². The lowest BCUT2D eigenvalue weighted by atomic mass is 10.2. The van der Waals surface area contributed by atoms with Gasteiger partial charge in [-0.2, -0.15) is 0 Å². The van der Waals surface area contributed by atoms with Gasteiger partial charge in [-0.1, -0.05) is 13.8 Å². The van der Waals surface area contributed by atoms with Crippen molar-refractivity contribution in [2.24, 2.45) is 0 Å². The molecule has 1 aromatic rings. The van der Waals surface area contributed by atoms with Crippen LogP contribution < -0.4 is 5.32 Å². The summed E-state index contributed by atoms with van der Waals surface area (Å²) in [5.41, 5.74) is 0. The van der Waals surface area contributed by atoms with E-state index in [1.54, 1.807) is 6.26 Å². The third-order valence-electron chi connectivity index (χ3n) is 3.08. The molecule has 0 amide bonds. The van der Waals surface area contributed by atoms with Gasteiger partial charge in [0.2, 0.25) is 0 Å². The van der Waals surface area contributed by atoms with Crippen LogP contribution in [0.2, 0.25) is 0 Å². The lowest BCUT2D eigenvalue weighted by Gasteiger charge is -2.15. The molecule has 4 nitrogen and oxygen atoms in total. The van der Waals surface area contributed by atoms with E-state index in [2.05, 4.69) is 19.2 Å². The van der Waals surface area contributed by atoms with E-state index in [0.29, 0.717) is 25.4 Å². The highest BCUT2D eigenvalue weighted by atomic mass is 16.5. The predicted octanol–water partition coefficient (Wildman–Crippen LogP) is 2.34. The van der Waals surface area contributed by atoms with E-state index in [-0.39, 0.29) is 6.10 Å². The third kappa shape index (κ3) is 4.44. The van der Waals surface area contributed by atoms with Crippen LogP contribution in [0.3, 0.4) is 0 Å². The number of hydrogen-bond acceptors (Lipinski definition) is 4. The molecule has 2 unspecified atom stereocenters. The van der Waals surface area contributed by atoms with Crippen LogP contribution >= 0.6 is 0 Å². The van der Waals surface area contributed by atoms with Crippen molar-refractivity contribution in [2.75, 3.05) is 13.2 Å². The van der Waals surface area contributed by atoms with Crippen LogP contribution in [0, 0.1) is 0 Å². The molecular formula is C14H23NO3. The van der Waals surface area contributed by atoms with Crippen LogP contribution in [0.25, 0.3) is 0 Å². The summed E-state index contributed by atoms with van der Waals surface area (Å²) in [6.45, 7) is 6.42. The first-order valence-corrected chi connectivity index (χ1v) is 6.73. The second-order valence-electron chi connectivity index (χ2n) is 5.11. The number of furan rings is 1. The molecule has 102 valence electrons. The van der Waals surface area contributed by atoms with Gasteiger partial charge in [-0.05, 0) is 25.0 Å². The van der Waals surface area contributed by atoms with Crippen LogP contribution in [-0.2, 0) is 16.1 Å². The Kier molecular flexibility index (Phi) is 5.23. The van der Waals surface area contributed by atoms with Crippen molar-refractivity contribution in [2.45, 2.75) is 51.5 Å². The van der Waals surface area contributed by atoms with Crippen molar-refractivity contribution in [3.8, 4) is 0 Å². The highest BCUT2D eigenvalue weighted by Crippen LogP contribution is 2.20. The van der Waals surface area contributed by atoms with Crippen LogP contribution in [0.4, 0.5) is 0 Å². The fraction of sp³-hybridized carbons (Fsp3) is 0.714. The number of ether oxygens (including phenoxy) is 2. The Hall–Kier alpha value is -0.840. The molecule has 2 heterocycles. The molecule has 1 aliphatic heterocycles. The Labute approximate surface area is 109 Å². The van der Waals surface area contributed by atoms with Gasteiger partial charge in [0.1, 0.15) is 12.4 Å². The fourth-order valence-corrected chi connectivity index (χ4v) is 2.11. The zero-order chi connectivity index (χ0) is 12.8. The fourth-order valence-electron chi connectivity index (χ4n) is 2.11. The molecule has 18 heavy (non-hydrogen) atoms. The van der Waals surface area contributed by atoms with E-state index in [9.17, 15) is 0 Å². The number of nitrogens with one attached hydrogen (secondary N) is 1. The van der Waals surface area contributed by atoms with Gasteiger partial charge < -0.3 is 19.2 Å². The number of hydrogen-bond donors (Lipinski definition) is 1. The minimum Gasteiger partial charge on any atom is -0.467 e. The Morgan fingerprint density at radius 3 is 2.94 bits per heavy atom. The molecule has 2 rings (SSSR count). The van der Waals surface area contributed by atoms with Gasteiger partial charge in [0, 0.05) is 12.6 Å². The average Bonchev–Trinajstić information content (AvgIpc) is 2.97. The Balaban J connectivity index is 1.58. The van der Waals surface area contributed by atoms with E-state index in [1.807, 2.05) is 12.1 Å². The highest BCUT2D eigenvalue weighted by Gasteiger charge is 2.25. The predicted molar refractivity (Wildman–Crippen MR) is 69.4 cm³/mol.